The van der Waals surface area contributed by atoms with Gasteiger partial charge < -0.3 is 14.5 Å². The molecule has 0 spiro atoms. The highest BCUT2D eigenvalue weighted by molar-refractivity contribution is 5.67. The summed E-state index contributed by atoms with van der Waals surface area (Å²) in [6, 6.07) is 5.89. The average molecular weight is 398 g/mol. The highest BCUT2D eigenvalue weighted by Crippen LogP contribution is 2.27. The Labute approximate surface area is 168 Å². The number of piperidine rings is 1. The first kappa shape index (κ1) is 19.4. The summed E-state index contributed by atoms with van der Waals surface area (Å²) in [5.41, 5.74) is 1.72. The number of nitrogens with one attached hydrogen (secondary N) is 1. The molecule has 0 bridgehead atoms. The molecule has 2 aromatic heterocycles. The lowest BCUT2D eigenvalue weighted by atomic mass is 9.97. The number of ether oxygens (including phenoxy) is 2. The Hall–Kier alpha value is -2.94. The van der Waals surface area contributed by atoms with Crippen molar-refractivity contribution in [3.8, 4) is 11.5 Å². The van der Waals surface area contributed by atoms with Gasteiger partial charge in [-0.2, -0.15) is 0 Å². The Morgan fingerprint density at radius 3 is 2.93 bits per heavy atom. The first-order valence-electron chi connectivity index (χ1n) is 9.80. The summed E-state index contributed by atoms with van der Waals surface area (Å²) < 4.78 is 12.7. The number of methoxy groups -OCH3 is 2. The van der Waals surface area contributed by atoms with E-state index in [0.717, 1.165) is 49.5 Å². The molecule has 1 N–H and O–H groups in total. The molecule has 9 nitrogen and oxygen atoms in total. The van der Waals surface area contributed by atoms with Gasteiger partial charge in [0.1, 0.15) is 17.3 Å². The summed E-state index contributed by atoms with van der Waals surface area (Å²) in [4.78, 5) is 21.6. The van der Waals surface area contributed by atoms with Crippen LogP contribution in [0.3, 0.4) is 0 Å². The lowest BCUT2D eigenvalue weighted by molar-refractivity contribution is 0.152. The fourth-order valence-electron chi connectivity index (χ4n) is 4.03. The number of aromatic amines is 1. The van der Waals surface area contributed by atoms with Crippen molar-refractivity contribution in [2.45, 2.75) is 32.9 Å². The van der Waals surface area contributed by atoms with Crippen LogP contribution in [-0.2, 0) is 13.1 Å². The Balaban J connectivity index is 1.49. The normalized spacial score (nSPS) is 17.6. The van der Waals surface area contributed by atoms with Gasteiger partial charge in [0.05, 0.1) is 14.2 Å². The lowest BCUT2D eigenvalue weighted by Crippen LogP contribution is -2.36. The highest BCUT2D eigenvalue weighted by Gasteiger charge is 2.23. The van der Waals surface area contributed by atoms with Gasteiger partial charge in [0.15, 0.2) is 11.2 Å². The number of aromatic nitrogens is 5. The fraction of sp³-hybridized carbons (Fsp3) is 0.500. The molecule has 1 aliphatic heterocycles. The minimum atomic E-state index is -0.242. The summed E-state index contributed by atoms with van der Waals surface area (Å²) in [6.07, 6.45) is 2.21. The third-order valence-electron chi connectivity index (χ3n) is 5.41. The number of likely N-dealkylation sites (tertiary alicyclic amines) is 1. The van der Waals surface area contributed by atoms with Gasteiger partial charge in [-0.05, 0) is 50.4 Å². The van der Waals surface area contributed by atoms with E-state index in [-0.39, 0.29) is 5.56 Å². The van der Waals surface area contributed by atoms with E-state index in [0.29, 0.717) is 29.5 Å². The van der Waals surface area contributed by atoms with Gasteiger partial charge in [-0.1, -0.05) is 5.21 Å². The zero-order chi connectivity index (χ0) is 20.4. The average Bonchev–Trinajstić information content (AvgIpc) is 3.11. The van der Waals surface area contributed by atoms with Crippen molar-refractivity contribution < 1.29 is 9.47 Å². The molecule has 0 saturated carbocycles. The maximum Gasteiger partial charge on any atom is 0.281 e. The number of H-pyrrole nitrogens is 1. The van der Waals surface area contributed by atoms with Crippen molar-refractivity contribution in [3.63, 3.8) is 0 Å². The second-order valence-electron chi connectivity index (χ2n) is 7.52. The van der Waals surface area contributed by atoms with E-state index in [4.69, 9.17) is 9.47 Å². The van der Waals surface area contributed by atoms with Crippen molar-refractivity contribution in [1.29, 1.82) is 0 Å². The zero-order valence-corrected chi connectivity index (χ0v) is 17.0. The first-order chi connectivity index (χ1) is 14.1. The zero-order valence-electron chi connectivity index (χ0n) is 17.0. The van der Waals surface area contributed by atoms with Gasteiger partial charge in [-0.3, -0.25) is 9.69 Å². The molecule has 154 valence electrons. The van der Waals surface area contributed by atoms with Crippen LogP contribution in [0.4, 0.5) is 0 Å². The van der Waals surface area contributed by atoms with Crippen LogP contribution in [0.15, 0.2) is 23.0 Å². The quantitative estimate of drug-likeness (QED) is 0.675. The summed E-state index contributed by atoms with van der Waals surface area (Å²) in [7, 11) is 3.36. The highest BCUT2D eigenvalue weighted by atomic mass is 16.5. The Bertz CT molecular complexity index is 1060. The van der Waals surface area contributed by atoms with Crippen LogP contribution in [0.2, 0.25) is 0 Å². The van der Waals surface area contributed by atoms with E-state index in [2.05, 4.69) is 25.2 Å². The number of fused-ring (bicyclic) bond motifs is 1. The van der Waals surface area contributed by atoms with Gasteiger partial charge in [-0.15, -0.1) is 5.10 Å². The van der Waals surface area contributed by atoms with E-state index in [1.54, 1.807) is 25.8 Å². The molecule has 9 heteroatoms. The molecular weight excluding hydrogens is 372 g/mol. The van der Waals surface area contributed by atoms with Gasteiger partial charge >= 0.3 is 0 Å². The van der Waals surface area contributed by atoms with Crippen LogP contribution in [0.1, 0.15) is 24.2 Å². The monoisotopic (exact) mass is 398 g/mol. The van der Waals surface area contributed by atoms with Crippen LogP contribution < -0.4 is 15.0 Å². The summed E-state index contributed by atoms with van der Waals surface area (Å²) in [5, 5.41) is 8.20. The van der Waals surface area contributed by atoms with Crippen molar-refractivity contribution >= 4 is 11.2 Å². The molecule has 0 aliphatic carbocycles. The number of benzene rings is 1. The summed E-state index contributed by atoms with van der Waals surface area (Å²) in [6.45, 7) is 5.22. The predicted octanol–water partition coefficient (Wildman–Crippen LogP) is 1.75. The molecule has 0 unspecified atom stereocenters. The van der Waals surface area contributed by atoms with Crippen molar-refractivity contribution in [3.05, 3.63) is 39.9 Å². The van der Waals surface area contributed by atoms with E-state index in [9.17, 15) is 4.79 Å². The maximum absolute atomic E-state index is 12.0. The number of rotatable bonds is 6. The Kier molecular flexibility index (Phi) is 5.48. The van der Waals surface area contributed by atoms with E-state index in [1.807, 2.05) is 18.2 Å². The molecule has 1 aromatic carbocycles. The summed E-state index contributed by atoms with van der Waals surface area (Å²) >= 11 is 0. The van der Waals surface area contributed by atoms with Gasteiger partial charge in [0.25, 0.3) is 5.56 Å². The Morgan fingerprint density at radius 1 is 1.28 bits per heavy atom. The van der Waals surface area contributed by atoms with Crippen LogP contribution in [0.5, 0.6) is 11.5 Å². The molecule has 1 saturated heterocycles. The third-order valence-corrected chi connectivity index (χ3v) is 5.41. The maximum atomic E-state index is 12.0. The van der Waals surface area contributed by atoms with Crippen LogP contribution in [-0.4, -0.2) is 57.2 Å². The molecule has 29 heavy (non-hydrogen) atoms. The summed E-state index contributed by atoms with van der Waals surface area (Å²) in [5.74, 6) is 2.68. The van der Waals surface area contributed by atoms with Gasteiger partial charge in [-0.25, -0.2) is 9.67 Å². The molecule has 4 rings (SSSR count). The number of aryl methyl sites for hydroxylation is 1. The lowest BCUT2D eigenvalue weighted by Gasteiger charge is -2.33. The topological polar surface area (TPSA) is 98.2 Å². The molecule has 3 aromatic rings. The standard InChI is InChI=1S/C20H26N6O3/c1-13-21-19-18(20(27)22-13)23-24-26(19)11-14-5-4-8-25(10-14)12-15-9-16(28-2)6-7-17(15)29-3/h6-7,9,14H,4-5,8,10-12H2,1-3H3,(H,21,22,27)/t14-/m1/s1. The second-order valence-corrected chi connectivity index (χ2v) is 7.52. The SMILES string of the molecule is COc1ccc(OC)c(CN2CCC[C@@H](Cn3nnc4c(=O)[nH]c(C)nc43)C2)c1. The molecule has 0 radical (unpaired) electrons. The second kappa shape index (κ2) is 8.20. The van der Waals surface area contributed by atoms with Crippen molar-refractivity contribution in [1.82, 2.24) is 29.9 Å². The molecule has 1 fully saturated rings. The number of hydrogen-bond donors (Lipinski definition) is 1. The van der Waals surface area contributed by atoms with Gasteiger partial charge in [0, 0.05) is 25.2 Å². The fourth-order valence-corrected chi connectivity index (χ4v) is 4.03. The molecule has 0 amide bonds. The predicted molar refractivity (Wildman–Crippen MR) is 108 cm³/mol. The Morgan fingerprint density at radius 2 is 2.14 bits per heavy atom. The van der Waals surface area contributed by atoms with E-state index >= 15 is 0 Å². The van der Waals surface area contributed by atoms with Crippen LogP contribution in [0, 0.1) is 12.8 Å². The smallest absolute Gasteiger partial charge is 0.281 e. The third kappa shape index (κ3) is 4.09. The van der Waals surface area contributed by atoms with E-state index < -0.39 is 0 Å². The number of hydrogen-bond acceptors (Lipinski definition) is 7. The molecular formula is C20H26N6O3. The number of nitrogens with zero attached hydrogens (tertiary/aromatic N) is 5. The largest absolute Gasteiger partial charge is 0.497 e. The minimum absolute atomic E-state index is 0.242. The van der Waals surface area contributed by atoms with Crippen molar-refractivity contribution in [2.24, 2.45) is 5.92 Å². The van der Waals surface area contributed by atoms with Crippen LogP contribution in [0.25, 0.3) is 11.2 Å². The van der Waals surface area contributed by atoms with Crippen LogP contribution >= 0.6 is 0 Å². The van der Waals surface area contributed by atoms with Crippen molar-refractivity contribution in [2.75, 3.05) is 27.3 Å². The van der Waals surface area contributed by atoms with E-state index in [1.165, 1.54) is 0 Å². The molecule has 1 atom stereocenters. The first-order valence-corrected chi connectivity index (χ1v) is 9.80. The van der Waals surface area contributed by atoms with Gasteiger partial charge in [0.2, 0.25) is 0 Å². The molecule has 3 heterocycles. The minimum Gasteiger partial charge on any atom is -0.497 e. The molecule has 1 aliphatic rings.